The predicted molar refractivity (Wildman–Crippen MR) is 110 cm³/mol. The van der Waals surface area contributed by atoms with Crippen LogP contribution in [0.5, 0.6) is 0 Å². The number of rotatable bonds is 6. The molecule has 7 heteroatoms. The number of benzene rings is 2. The topological polar surface area (TPSA) is 75.7 Å². The summed E-state index contributed by atoms with van der Waals surface area (Å²) in [6.07, 6.45) is -0.907. The van der Waals surface area contributed by atoms with Crippen molar-refractivity contribution < 1.29 is 19.1 Å². The molecule has 1 fully saturated rings. The van der Waals surface area contributed by atoms with Crippen molar-refractivity contribution in [1.82, 2.24) is 4.90 Å². The highest BCUT2D eigenvalue weighted by Gasteiger charge is 2.38. The Morgan fingerprint density at radius 1 is 1.14 bits per heavy atom. The molecule has 0 saturated carbocycles. The van der Waals surface area contributed by atoms with Gasteiger partial charge in [-0.15, -0.1) is 0 Å². The van der Waals surface area contributed by atoms with Gasteiger partial charge in [0.25, 0.3) is 5.91 Å². The summed E-state index contributed by atoms with van der Waals surface area (Å²) in [6.45, 7) is 3.71. The number of carbonyl (C=O) groups is 3. The second-order valence-corrected chi connectivity index (χ2v) is 7.55. The van der Waals surface area contributed by atoms with Crippen molar-refractivity contribution in [3.05, 3.63) is 65.2 Å². The molecule has 2 amide bonds. The SMILES string of the molecule is C[C@H](OC(=O)[C@@H]1CC(=O)N([C@@H](C)c2ccccc2)C1)C(=O)Nc1cccc(Cl)c1. The van der Waals surface area contributed by atoms with E-state index in [1.165, 1.54) is 6.92 Å². The minimum absolute atomic E-state index is 0.0820. The molecule has 2 aromatic rings. The van der Waals surface area contributed by atoms with Gasteiger partial charge in [-0.25, -0.2) is 0 Å². The molecule has 1 N–H and O–H groups in total. The summed E-state index contributed by atoms with van der Waals surface area (Å²) < 4.78 is 5.32. The van der Waals surface area contributed by atoms with E-state index in [0.29, 0.717) is 10.7 Å². The van der Waals surface area contributed by atoms with Gasteiger partial charge >= 0.3 is 5.97 Å². The van der Waals surface area contributed by atoms with E-state index in [4.69, 9.17) is 16.3 Å². The van der Waals surface area contributed by atoms with Crippen LogP contribution in [-0.2, 0) is 19.1 Å². The summed E-state index contributed by atoms with van der Waals surface area (Å²) in [6, 6.07) is 16.2. The lowest BCUT2D eigenvalue weighted by molar-refractivity contribution is -0.157. The largest absolute Gasteiger partial charge is 0.452 e. The van der Waals surface area contributed by atoms with Crippen LogP contribution in [0.1, 0.15) is 31.9 Å². The van der Waals surface area contributed by atoms with Gasteiger partial charge in [0.1, 0.15) is 0 Å². The molecule has 152 valence electrons. The molecule has 0 spiro atoms. The van der Waals surface area contributed by atoms with E-state index in [1.807, 2.05) is 37.3 Å². The Balaban J connectivity index is 1.56. The predicted octanol–water partition coefficient (Wildman–Crippen LogP) is 3.82. The van der Waals surface area contributed by atoms with Crippen molar-refractivity contribution in [2.24, 2.45) is 5.92 Å². The Labute approximate surface area is 174 Å². The maximum absolute atomic E-state index is 12.5. The average molecular weight is 415 g/mol. The zero-order valence-corrected chi connectivity index (χ0v) is 17.1. The van der Waals surface area contributed by atoms with Crippen molar-refractivity contribution in [1.29, 1.82) is 0 Å². The minimum atomic E-state index is -0.989. The fourth-order valence-corrected chi connectivity index (χ4v) is 3.50. The zero-order valence-electron chi connectivity index (χ0n) is 16.3. The van der Waals surface area contributed by atoms with E-state index in [9.17, 15) is 14.4 Å². The van der Waals surface area contributed by atoms with E-state index >= 15 is 0 Å². The number of nitrogens with one attached hydrogen (secondary N) is 1. The molecule has 1 aliphatic rings. The summed E-state index contributed by atoms with van der Waals surface area (Å²) in [4.78, 5) is 38.9. The quantitative estimate of drug-likeness (QED) is 0.729. The Bertz CT molecular complexity index is 903. The number of nitrogens with zero attached hydrogens (tertiary/aromatic N) is 1. The lowest BCUT2D eigenvalue weighted by Crippen LogP contribution is -2.33. The lowest BCUT2D eigenvalue weighted by atomic mass is 10.1. The molecule has 0 unspecified atom stereocenters. The van der Waals surface area contributed by atoms with Gasteiger partial charge in [-0.1, -0.05) is 48.0 Å². The first kappa shape index (κ1) is 20.9. The van der Waals surface area contributed by atoms with Crippen molar-refractivity contribution in [3.63, 3.8) is 0 Å². The molecule has 2 aromatic carbocycles. The molecule has 1 heterocycles. The fourth-order valence-electron chi connectivity index (χ4n) is 3.31. The van der Waals surface area contributed by atoms with Gasteiger partial charge in [-0.3, -0.25) is 14.4 Å². The molecular formula is C22H23ClN2O4. The number of ether oxygens (including phenoxy) is 1. The lowest BCUT2D eigenvalue weighted by Gasteiger charge is -2.25. The number of likely N-dealkylation sites (tertiary alicyclic amines) is 1. The molecular weight excluding hydrogens is 392 g/mol. The van der Waals surface area contributed by atoms with E-state index in [2.05, 4.69) is 5.32 Å². The molecule has 1 aliphatic heterocycles. The second-order valence-electron chi connectivity index (χ2n) is 7.11. The first-order valence-corrected chi connectivity index (χ1v) is 9.84. The van der Waals surface area contributed by atoms with Crippen LogP contribution in [0.4, 0.5) is 5.69 Å². The van der Waals surface area contributed by atoms with E-state index in [1.54, 1.807) is 29.2 Å². The van der Waals surface area contributed by atoms with Crippen molar-refractivity contribution in [2.75, 3.05) is 11.9 Å². The van der Waals surface area contributed by atoms with Crippen molar-refractivity contribution in [2.45, 2.75) is 32.4 Å². The standard InChI is InChI=1S/C22H23ClN2O4/c1-14(16-7-4-3-5-8-16)25-13-17(11-20(25)26)22(28)29-15(2)21(27)24-19-10-6-9-18(23)12-19/h3-10,12,14-15,17H,11,13H2,1-2H3,(H,24,27)/t14-,15-,17+/m0/s1. The molecule has 1 saturated heterocycles. The summed E-state index contributed by atoms with van der Waals surface area (Å²) in [5.74, 6) is -1.69. The van der Waals surface area contributed by atoms with E-state index in [-0.39, 0.29) is 24.9 Å². The van der Waals surface area contributed by atoms with Crippen molar-refractivity contribution >= 4 is 35.1 Å². The number of anilines is 1. The van der Waals surface area contributed by atoms with Gasteiger partial charge in [-0.05, 0) is 37.6 Å². The number of hydrogen-bond donors (Lipinski definition) is 1. The summed E-state index contributed by atoms with van der Waals surface area (Å²) in [5, 5.41) is 3.15. The number of hydrogen-bond acceptors (Lipinski definition) is 4. The second kappa shape index (κ2) is 9.09. The van der Waals surface area contributed by atoms with Crippen LogP contribution in [0.25, 0.3) is 0 Å². The summed E-state index contributed by atoms with van der Waals surface area (Å²) in [7, 11) is 0. The van der Waals surface area contributed by atoms with E-state index in [0.717, 1.165) is 5.56 Å². The molecule has 29 heavy (non-hydrogen) atoms. The van der Waals surface area contributed by atoms with Gasteiger partial charge in [0.05, 0.1) is 12.0 Å². The Morgan fingerprint density at radius 2 is 1.86 bits per heavy atom. The normalized spacial score (nSPS) is 18.2. The highest BCUT2D eigenvalue weighted by atomic mass is 35.5. The first-order valence-electron chi connectivity index (χ1n) is 9.46. The van der Waals surface area contributed by atoms with Gasteiger partial charge in [0, 0.05) is 23.7 Å². The van der Waals surface area contributed by atoms with Crippen LogP contribution in [0.2, 0.25) is 5.02 Å². The molecule has 0 aliphatic carbocycles. The highest BCUT2D eigenvalue weighted by molar-refractivity contribution is 6.30. The average Bonchev–Trinajstić information content (AvgIpc) is 3.10. The number of esters is 1. The maximum Gasteiger partial charge on any atom is 0.312 e. The van der Waals surface area contributed by atoms with Crippen LogP contribution < -0.4 is 5.32 Å². The highest BCUT2D eigenvalue weighted by Crippen LogP contribution is 2.29. The van der Waals surface area contributed by atoms with Gasteiger partial charge in [0.15, 0.2) is 6.10 Å². The molecule has 0 bridgehead atoms. The molecule has 3 atom stereocenters. The monoisotopic (exact) mass is 414 g/mol. The van der Waals surface area contributed by atoms with Gasteiger partial charge in [0.2, 0.25) is 5.91 Å². The van der Waals surface area contributed by atoms with Gasteiger partial charge in [-0.2, -0.15) is 0 Å². The number of halogens is 1. The third-order valence-corrected chi connectivity index (χ3v) is 5.23. The minimum Gasteiger partial charge on any atom is -0.452 e. The third kappa shape index (κ3) is 5.15. The van der Waals surface area contributed by atoms with Crippen LogP contribution in [-0.4, -0.2) is 35.3 Å². The van der Waals surface area contributed by atoms with Gasteiger partial charge < -0.3 is 15.0 Å². The third-order valence-electron chi connectivity index (χ3n) is 5.00. The van der Waals surface area contributed by atoms with E-state index < -0.39 is 23.9 Å². The van der Waals surface area contributed by atoms with Crippen LogP contribution >= 0.6 is 11.6 Å². The zero-order chi connectivity index (χ0) is 21.0. The van der Waals surface area contributed by atoms with Crippen LogP contribution in [0.15, 0.2) is 54.6 Å². The molecule has 0 radical (unpaired) electrons. The van der Waals surface area contributed by atoms with Crippen LogP contribution in [0.3, 0.4) is 0 Å². The number of carbonyl (C=O) groups excluding carboxylic acids is 3. The first-order chi connectivity index (χ1) is 13.8. The molecule has 0 aromatic heterocycles. The summed E-state index contributed by atoms with van der Waals surface area (Å²) in [5.41, 5.74) is 1.52. The maximum atomic E-state index is 12.5. The molecule has 6 nitrogen and oxygen atoms in total. The fraction of sp³-hybridized carbons (Fsp3) is 0.318. The summed E-state index contributed by atoms with van der Waals surface area (Å²) >= 11 is 5.90. The van der Waals surface area contributed by atoms with Crippen LogP contribution in [0, 0.1) is 5.92 Å². The Morgan fingerprint density at radius 3 is 2.55 bits per heavy atom. The number of amides is 2. The Kier molecular flexibility index (Phi) is 6.54. The van der Waals surface area contributed by atoms with Crippen molar-refractivity contribution in [3.8, 4) is 0 Å². The molecule has 3 rings (SSSR count). The Hall–Kier alpha value is -2.86. The smallest absolute Gasteiger partial charge is 0.312 e.